The first kappa shape index (κ1) is 16.6. The molecule has 0 bridgehead atoms. The molecule has 7 heteroatoms. The Morgan fingerprint density at radius 3 is 2.32 bits per heavy atom. The zero-order valence-electron chi connectivity index (χ0n) is 10.1. The van der Waals surface area contributed by atoms with Crippen LogP contribution in [0.5, 0.6) is 0 Å². The highest BCUT2D eigenvalue weighted by atomic mass is 35.5. The summed E-state index contributed by atoms with van der Waals surface area (Å²) >= 11 is -0.445. The van der Waals surface area contributed by atoms with Gasteiger partial charge in [0.1, 0.15) is 5.82 Å². The van der Waals surface area contributed by atoms with E-state index in [1.165, 1.54) is 6.07 Å². The number of benzene rings is 1. The van der Waals surface area contributed by atoms with Gasteiger partial charge >= 0.3 is 5.51 Å². The number of hydrogen-bond donors (Lipinski definition) is 1. The van der Waals surface area contributed by atoms with Crippen molar-refractivity contribution in [2.45, 2.75) is 36.2 Å². The molecule has 1 unspecified atom stereocenters. The van der Waals surface area contributed by atoms with E-state index in [0.29, 0.717) is 5.56 Å². The lowest BCUT2D eigenvalue weighted by atomic mass is 9.93. The molecule has 1 aromatic rings. The molecule has 19 heavy (non-hydrogen) atoms. The average molecular weight is 316 g/mol. The molecule has 0 aliphatic heterocycles. The van der Waals surface area contributed by atoms with Gasteiger partial charge in [-0.05, 0) is 47.7 Å². The van der Waals surface area contributed by atoms with E-state index in [9.17, 15) is 17.6 Å². The number of rotatable bonds is 3. The van der Waals surface area contributed by atoms with Crippen LogP contribution in [0.15, 0.2) is 23.1 Å². The third kappa shape index (κ3) is 4.00. The summed E-state index contributed by atoms with van der Waals surface area (Å²) in [5.74, 6) is -0.866. The summed E-state index contributed by atoms with van der Waals surface area (Å²) in [6, 6.07) is 3.42. The van der Waals surface area contributed by atoms with Crippen LogP contribution in [0.25, 0.3) is 0 Å². The Balaban J connectivity index is 0.00000180. The second-order valence-corrected chi connectivity index (χ2v) is 5.98. The molecule has 0 saturated heterocycles. The summed E-state index contributed by atoms with van der Waals surface area (Å²) in [7, 11) is 0. The van der Waals surface area contributed by atoms with Gasteiger partial charge in [-0.15, -0.1) is 12.4 Å². The summed E-state index contributed by atoms with van der Waals surface area (Å²) in [6.45, 7) is 1.99. The molecule has 1 atom stereocenters. The Morgan fingerprint density at radius 1 is 1.32 bits per heavy atom. The van der Waals surface area contributed by atoms with Crippen molar-refractivity contribution in [1.29, 1.82) is 0 Å². The molecule has 1 nitrogen and oxygen atoms in total. The van der Waals surface area contributed by atoms with Crippen molar-refractivity contribution in [2.75, 3.05) is 0 Å². The maximum Gasteiger partial charge on any atom is 0.446 e. The van der Waals surface area contributed by atoms with Gasteiger partial charge in [-0.1, -0.05) is 13.0 Å². The third-order valence-electron chi connectivity index (χ3n) is 3.33. The average Bonchev–Trinajstić information content (AvgIpc) is 2.98. The van der Waals surface area contributed by atoms with Gasteiger partial charge in [0.25, 0.3) is 0 Å². The Hall–Kier alpha value is -0.460. The maximum atomic E-state index is 13.6. The van der Waals surface area contributed by atoms with Crippen molar-refractivity contribution in [3.63, 3.8) is 0 Å². The summed E-state index contributed by atoms with van der Waals surface area (Å²) in [6.07, 6.45) is 1.93. The van der Waals surface area contributed by atoms with Crippen molar-refractivity contribution in [2.24, 2.45) is 11.1 Å². The number of halogens is 5. The lowest BCUT2D eigenvalue weighted by Crippen LogP contribution is -2.20. The van der Waals surface area contributed by atoms with Crippen LogP contribution in [0.1, 0.15) is 31.4 Å². The molecular weight excluding hydrogens is 302 g/mol. The number of hydrogen-bond acceptors (Lipinski definition) is 2. The summed E-state index contributed by atoms with van der Waals surface area (Å²) < 4.78 is 50.0. The minimum absolute atomic E-state index is 0. The van der Waals surface area contributed by atoms with Crippen LogP contribution >= 0.6 is 24.2 Å². The van der Waals surface area contributed by atoms with Crippen LogP contribution < -0.4 is 5.73 Å². The minimum atomic E-state index is -4.48. The van der Waals surface area contributed by atoms with Crippen LogP contribution in [0.3, 0.4) is 0 Å². The Bertz CT molecular complexity index is 460. The molecule has 1 saturated carbocycles. The highest BCUT2D eigenvalue weighted by Gasteiger charge is 2.43. The van der Waals surface area contributed by atoms with Crippen LogP contribution in [0.4, 0.5) is 17.6 Å². The summed E-state index contributed by atoms with van der Waals surface area (Å²) in [5, 5.41) is 0. The van der Waals surface area contributed by atoms with Gasteiger partial charge in [0.2, 0.25) is 0 Å². The van der Waals surface area contributed by atoms with Crippen LogP contribution in [0.2, 0.25) is 0 Å². The second kappa shape index (κ2) is 5.50. The maximum absolute atomic E-state index is 13.6. The summed E-state index contributed by atoms with van der Waals surface area (Å²) in [5.41, 5.74) is 2.02. The van der Waals surface area contributed by atoms with E-state index >= 15 is 0 Å². The van der Waals surface area contributed by atoms with E-state index in [1.807, 2.05) is 6.92 Å². The molecule has 2 N–H and O–H groups in total. The van der Waals surface area contributed by atoms with Gasteiger partial charge in [0, 0.05) is 6.04 Å². The van der Waals surface area contributed by atoms with Gasteiger partial charge in [-0.2, -0.15) is 13.2 Å². The number of thioether (sulfide) groups is 1. The van der Waals surface area contributed by atoms with E-state index in [-0.39, 0.29) is 23.9 Å². The van der Waals surface area contributed by atoms with E-state index in [1.54, 1.807) is 0 Å². The second-order valence-electron chi connectivity index (χ2n) is 4.87. The highest BCUT2D eigenvalue weighted by molar-refractivity contribution is 8.00. The van der Waals surface area contributed by atoms with Gasteiger partial charge in [-0.3, -0.25) is 0 Å². The molecule has 1 fully saturated rings. The lowest BCUT2D eigenvalue weighted by Gasteiger charge is -2.19. The molecule has 1 aliphatic carbocycles. The highest BCUT2D eigenvalue weighted by Crippen LogP contribution is 2.53. The number of alkyl halides is 3. The molecule has 1 aromatic carbocycles. The monoisotopic (exact) mass is 315 g/mol. The quantitative estimate of drug-likeness (QED) is 0.648. The molecule has 0 spiro atoms. The topological polar surface area (TPSA) is 26.0 Å². The van der Waals surface area contributed by atoms with E-state index in [4.69, 9.17) is 5.73 Å². The van der Waals surface area contributed by atoms with Gasteiger partial charge in [0.15, 0.2) is 0 Å². The zero-order chi connectivity index (χ0) is 13.6. The number of nitrogens with two attached hydrogens (primary N) is 1. The first-order valence-corrected chi connectivity index (χ1v) is 6.34. The zero-order valence-corrected chi connectivity index (χ0v) is 11.8. The van der Waals surface area contributed by atoms with E-state index in [0.717, 1.165) is 25.0 Å². The summed E-state index contributed by atoms with van der Waals surface area (Å²) in [4.78, 5) is -0.417. The van der Waals surface area contributed by atoms with Crippen molar-refractivity contribution >= 4 is 24.2 Å². The van der Waals surface area contributed by atoms with Crippen molar-refractivity contribution in [3.05, 3.63) is 29.6 Å². The largest absolute Gasteiger partial charge is 0.446 e. The molecule has 0 heterocycles. The van der Waals surface area contributed by atoms with Gasteiger partial charge < -0.3 is 5.73 Å². The Morgan fingerprint density at radius 2 is 1.89 bits per heavy atom. The molecule has 2 rings (SSSR count). The normalized spacial score (nSPS) is 18.6. The Kier molecular flexibility index (Phi) is 4.80. The van der Waals surface area contributed by atoms with Crippen molar-refractivity contribution < 1.29 is 17.6 Å². The standard InChI is InChI=1S/C12H13F4NS.ClH/c1-11(4-5-11)10(17)7-2-3-9(8(13)6-7)18-12(14,15)16;/h2-3,6,10H,4-5,17H2,1H3;1H. The van der Waals surface area contributed by atoms with E-state index in [2.05, 4.69) is 0 Å². The lowest BCUT2D eigenvalue weighted by molar-refractivity contribution is -0.0329. The minimum Gasteiger partial charge on any atom is -0.323 e. The van der Waals surface area contributed by atoms with Crippen LogP contribution in [-0.4, -0.2) is 5.51 Å². The van der Waals surface area contributed by atoms with Crippen molar-refractivity contribution in [1.82, 2.24) is 0 Å². The van der Waals surface area contributed by atoms with Crippen LogP contribution in [0, 0.1) is 11.2 Å². The fourth-order valence-corrected chi connectivity index (χ4v) is 2.37. The van der Waals surface area contributed by atoms with Crippen LogP contribution in [-0.2, 0) is 0 Å². The van der Waals surface area contributed by atoms with E-state index < -0.39 is 28.0 Å². The third-order valence-corrected chi connectivity index (χ3v) is 4.11. The predicted molar refractivity (Wildman–Crippen MR) is 69.8 cm³/mol. The molecule has 0 radical (unpaired) electrons. The van der Waals surface area contributed by atoms with Crippen molar-refractivity contribution in [3.8, 4) is 0 Å². The smallest absolute Gasteiger partial charge is 0.323 e. The Labute approximate surface area is 119 Å². The fourth-order valence-electron chi connectivity index (χ4n) is 1.83. The molecular formula is C12H14ClF4NS. The SMILES string of the molecule is CC1(C(N)c2ccc(SC(F)(F)F)c(F)c2)CC1.Cl. The first-order chi connectivity index (χ1) is 8.21. The fraction of sp³-hybridized carbons (Fsp3) is 0.500. The molecule has 108 valence electrons. The predicted octanol–water partition coefficient (Wildman–Crippen LogP) is 4.66. The van der Waals surface area contributed by atoms with Gasteiger partial charge in [-0.25, -0.2) is 4.39 Å². The molecule has 0 aromatic heterocycles. The molecule has 0 amide bonds. The molecule has 1 aliphatic rings. The van der Waals surface area contributed by atoms with Gasteiger partial charge in [0.05, 0.1) is 4.90 Å². The first-order valence-electron chi connectivity index (χ1n) is 5.52.